The molecule has 2 aromatic rings. The molecule has 0 radical (unpaired) electrons. The molecule has 1 aliphatic heterocycles. The summed E-state index contributed by atoms with van der Waals surface area (Å²) in [5.74, 6) is -2.31. The van der Waals surface area contributed by atoms with Crippen LogP contribution in [0.4, 0.5) is 14.5 Å². The number of carbonyl (C=O) groups excluding carboxylic acids is 1. The third kappa shape index (κ3) is 3.79. The Hall–Kier alpha value is -1.84. The molecule has 5 nitrogen and oxygen atoms in total. The zero-order valence-corrected chi connectivity index (χ0v) is 15.9. The summed E-state index contributed by atoms with van der Waals surface area (Å²) in [5.41, 5.74) is -0.141. The molecule has 1 fully saturated rings. The van der Waals surface area contributed by atoms with E-state index >= 15 is 0 Å². The fraction of sp³-hybridized carbons (Fsp3) is 0.235. The van der Waals surface area contributed by atoms with Gasteiger partial charge in [0.15, 0.2) is 0 Å². The van der Waals surface area contributed by atoms with Crippen LogP contribution in [0.3, 0.4) is 0 Å². The smallest absolute Gasteiger partial charge is 0.255 e. The van der Waals surface area contributed by atoms with Gasteiger partial charge in [0.1, 0.15) is 16.5 Å². The van der Waals surface area contributed by atoms with Crippen LogP contribution in [-0.2, 0) is 10.0 Å². The molecule has 138 valence electrons. The zero-order chi connectivity index (χ0) is 18.9. The average Bonchev–Trinajstić information content (AvgIpc) is 3.13. The van der Waals surface area contributed by atoms with E-state index in [0.717, 1.165) is 18.2 Å². The highest BCUT2D eigenvalue weighted by Crippen LogP contribution is 2.25. The van der Waals surface area contributed by atoms with E-state index in [1.807, 2.05) is 0 Å². The van der Waals surface area contributed by atoms with Gasteiger partial charge >= 0.3 is 0 Å². The Morgan fingerprint density at radius 1 is 1.04 bits per heavy atom. The van der Waals surface area contributed by atoms with Crippen LogP contribution in [0.15, 0.2) is 45.8 Å². The Kier molecular flexibility index (Phi) is 5.40. The highest BCUT2D eigenvalue weighted by atomic mass is 79.9. The number of nitrogens with zero attached hydrogens (tertiary/aromatic N) is 1. The fourth-order valence-corrected chi connectivity index (χ4v) is 4.64. The maximum atomic E-state index is 14.1. The molecule has 1 aliphatic rings. The quantitative estimate of drug-likeness (QED) is 0.780. The molecule has 0 aromatic heterocycles. The molecule has 0 aliphatic carbocycles. The number of halogens is 3. The number of sulfonamides is 1. The molecule has 3 rings (SSSR count). The first-order chi connectivity index (χ1) is 12.3. The van der Waals surface area contributed by atoms with E-state index in [1.165, 1.54) is 16.4 Å². The normalized spacial score (nSPS) is 15.2. The number of anilines is 1. The van der Waals surface area contributed by atoms with Gasteiger partial charge in [0.05, 0.1) is 5.69 Å². The minimum Gasteiger partial charge on any atom is -0.319 e. The second-order valence-electron chi connectivity index (χ2n) is 5.83. The van der Waals surface area contributed by atoms with Gasteiger partial charge in [-0.3, -0.25) is 4.79 Å². The van der Waals surface area contributed by atoms with E-state index in [0.29, 0.717) is 30.4 Å². The van der Waals surface area contributed by atoms with Gasteiger partial charge in [-0.05, 0) is 49.2 Å². The summed E-state index contributed by atoms with van der Waals surface area (Å²) in [4.78, 5) is 11.8. The van der Waals surface area contributed by atoms with Crippen molar-refractivity contribution in [2.45, 2.75) is 17.7 Å². The fourth-order valence-electron chi connectivity index (χ4n) is 2.70. The van der Waals surface area contributed by atoms with Crippen LogP contribution in [0, 0.1) is 11.6 Å². The van der Waals surface area contributed by atoms with Crippen molar-refractivity contribution in [3.05, 3.63) is 58.1 Å². The average molecular weight is 445 g/mol. The highest BCUT2D eigenvalue weighted by Gasteiger charge is 2.30. The van der Waals surface area contributed by atoms with Crippen LogP contribution in [0.1, 0.15) is 23.2 Å². The Morgan fingerprint density at radius 3 is 2.38 bits per heavy atom. The predicted octanol–water partition coefficient (Wildman–Crippen LogP) is 3.76. The summed E-state index contributed by atoms with van der Waals surface area (Å²) in [5, 5.41) is 2.36. The van der Waals surface area contributed by atoms with E-state index in [4.69, 9.17) is 0 Å². The van der Waals surface area contributed by atoms with Crippen molar-refractivity contribution in [2.24, 2.45) is 0 Å². The van der Waals surface area contributed by atoms with Crippen molar-refractivity contribution < 1.29 is 22.0 Å². The van der Waals surface area contributed by atoms with Crippen LogP contribution < -0.4 is 5.32 Å². The SMILES string of the molecule is O=C(Nc1ccc(Br)cc1F)c1ccc(F)c(S(=O)(=O)N2CCCC2)c1. The maximum absolute atomic E-state index is 14.1. The molecular weight excluding hydrogens is 430 g/mol. The Balaban J connectivity index is 1.90. The molecule has 0 spiro atoms. The molecule has 1 heterocycles. The first kappa shape index (κ1) is 18.9. The lowest BCUT2D eigenvalue weighted by Gasteiger charge is -2.16. The molecule has 1 N–H and O–H groups in total. The van der Waals surface area contributed by atoms with Crippen LogP contribution in [0.25, 0.3) is 0 Å². The van der Waals surface area contributed by atoms with E-state index in [9.17, 15) is 22.0 Å². The zero-order valence-electron chi connectivity index (χ0n) is 13.5. The molecular formula is C17H15BrF2N2O3S. The van der Waals surface area contributed by atoms with Gasteiger partial charge in [-0.2, -0.15) is 4.31 Å². The van der Waals surface area contributed by atoms with E-state index in [2.05, 4.69) is 21.2 Å². The van der Waals surface area contributed by atoms with E-state index < -0.39 is 32.5 Å². The van der Waals surface area contributed by atoms with Gasteiger partial charge in [-0.1, -0.05) is 15.9 Å². The molecule has 26 heavy (non-hydrogen) atoms. The Labute approximate surface area is 158 Å². The second kappa shape index (κ2) is 7.42. The van der Waals surface area contributed by atoms with Crippen molar-refractivity contribution in [1.29, 1.82) is 0 Å². The second-order valence-corrected chi connectivity index (χ2v) is 8.66. The lowest BCUT2D eigenvalue weighted by Crippen LogP contribution is -2.29. The molecule has 1 saturated heterocycles. The van der Waals surface area contributed by atoms with Gasteiger partial charge in [0, 0.05) is 23.1 Å². The number of rotatable bonds is 4. The first-order valence-corrected chi connectivity index (χ1v) is 10.1. The van der Waals surface area contributed by atoms with Crippen molar-refractivity contribution in [3.8, 4) is 0 Å². The summed E-state index contributed by atoms with van der Waals surface area (Å²) in [7, 11) is -4.01. The van der Waals surface area contributed by atoms with Crippen molar-refractivity contribution in [2.75, 3.05) is 18.4 Å². The molecule has 0 atom stereocenters. The molecule has 1 amide bonds. The van der Waals surface area contributed by atoms with Gasteiger partial charge < -0.3 is 5.32 Å². The maximum Gasteiger partial charge on any atom is 0.255 e. The van der Waals surface area contributed by atoms with Crippen LogP contribution in [0.2, 0.25) is 0 Å². The minimum atomic E-state index is -4.01. The molecule has 0 saturated carbocycles. The summed E-state index contributed by atoms with van der Waals surface area (Å²) in [6, 6.07) is 7.16. The number of hydrogen-bond acceptors (Lipinski definition) is 3. The molecule has 9 heteroatoms. The summed E-state index contributed by atoms with van der Waals surface area (Å²) < 4.78 is 54.8. The van der Waals surface area contributed by atoms with Crippen LogP contribution in [-0.4, -0.2) is 31.7 Å². The van der Waals surface area contributed by atoms with Crippen molar-refractivity contribution >= 4 is 37.5 Å². The number of benzene rings is 2. The monoisotopic (exact) mass is 444 g/mol. The van der Waals surface area contributed by atoms with Crippen LogP contribution in [0.5, 0.6) is 0 Å². The Bertz CT molecular complexity index is 960. The van der Waals surface area contributed by atoms with Gasteiger partial charge in [-0.15, -0.1) is 0 Å². The highest BCUT2D eigenvalue weighted by molar-refractivity contribution is 9.10. The van der Waals surface area contributed by atoms with E-state index in [1.54, 1.807) is 6.07 Å². The molecule has 2 aromatic carbocycles. The lowest BCUT2D eigenvalue weighted by molar-refractivity contribution is 0.102. The van der Waals surface area contributed by atoms with Gasteiger partial charge in [-0.25, -0.2) is 17.2 Å². The Morgan fingerprint density at radius 2 is 1.73 bits per heavy atom. The van der Waals surface area contributed by atoms with Gasteiger partial charge in [0.25, 0.3) is 5.91 Å². The summed E-state index contributed by atoms with van der Waals surface area (Å²) in [6.45, 7) is 0.643. The van der Waals surface area contributed by atoms with Crippen LogP contribution >= 0.6 is 15.9 Å². The largest absolute Gasteiger partial charge is 0.319 e. The van der Waals surface area contributed by atoms with Crippen molar-refractivity contribution in [1.82, 2.24) is 4.31 Å². The number of carbonyl (C=O) groups is 1. The topological polar surface area (TPSA) is 66.5 Å². The predicted molar refractivity (Wildman–Crippen MR) is 96.4 cm³/mol. The third-order valence-electron chi connectivity index (χ3n) is 4.06. The molecule has 0 bridgehead atoms. The number of hydrogen-bond donors (Lipinski definition) is 1. The standard InChI is InChI=1S/C17H15BrF2N2O3S/c18-12-4-6-15(14(20)10-12)21-17(23)11-3-5-13(19)16(9-11)26(24,25)22-7-1-2-8-22/h3-6,9-10H,1-2,7-8H2,(H,21,23). The van der Waals surface area contributed by atoms with Crippen molar-refractivity contribution in [3.63, 3.8) is 0 Å². The lowest BCUT2D eigenvalue weighted by atomic mass is 10.2. The van der Waals surface area contributed by atoms with E-state index in [-0.39, 0.29) is 11.3 Å². The minimum absolute atomic E-state index is 0.0634. The number of amides is 1. The van der Waals surface area contributed by atoms with Gasteiger partial charge in [0.2, 0.25) is 10.0 Å². The molecule has 0 unspecified atom stereocenters. The first-order valence-electron chi connectivity index (χ1n) is 7.85. The third-order valence-corrected chi connectivity index (χ3v) is 6.46. The number of nitrogens with one attached hydrogen (secondary N) is 1. The summed E-state index contributed by atoms with van der Waals surface area (Å²) >= 11 is 3.11. The summed E-state index contributed by atoms with van der Waals surface area (Å²) in [6.07, 6.45) is 1.42.